The smallest absolute Gasteiger partial charge is 0.190 e. The van der Waals surface area contributed by atoms with Crippen LogP contribution >= 0.6 is 0 Å². The first-order chi connectivity index (χ1) is 12.2. The van der Waals surface area contributed by atoms with Gasteiger partial charge in [-0.05, 0) is 50.1 Å². The van der Waals surface area contributed by atoms with Crippen LogP contribution < -0.4 is 10.6 Å². The molecule has 6 heteroatoms. The lowest BCUT2D eigenvalue weighted by Gasteiger charge is -2.34. The van der Waals surface area contributed by atoms with Gasteiger partial charge in [-0.15, -0.1) is 0 Å². The van der Waals surface area contributed by atoms with Gasteiger partial charge in [0, 0.05) is 52.2 Å². The minimum Gasteiger partial charge on any atom is -0.356 e. The van der Waals surface area contributed by atoms with Gasteiger partial charge in [-0.1, -0.05) is 13.8 Å². The molecule has 0 aromatic carbocycles. The molecule has 1 aliphatic rings. The van der Waals surface area contributed by atoms with Gasteiger partial charge in [-0.2, -0.15) is 5.10 Å². The molecule has 0 radical (unpaired) electrons. The van der Waals surface area contributed by atoms with Gasteiger partial charge in [0.2, 0.25) is 0 Å². The quantitative estimate of drug-likeness (QED) is 0.408. The summed E-state index contributed by atoms with van der Waals surface area (Å²) in [6, 6.07) is 1.96. The molecule has 2 heterocycles. The molecule has 25 heavy (non-hydrogen) atoms. The summed E-state index contributed by atoms with van der Waals surface area (Å²) < 4.78 is 1.96. The minimum absolute atomic E-state index is 0.853. The third kappa shape index (κ3) is 7.90. The van der Waals surface area contributed by atoms with Gasteiger partial charge < -0.3 is 15.5 Å². The van der Waals surface area contributed by atoms with E-state index in [2.05, 4.69) is 39.5 Å². The van der Waals surface area contributed by atoms with E-state index in [-0.39, 0.29) is 0 Å². The Morgan fingerprint density at radius 2 is 1.80 bits per heavy atom. The molecule has 2 N–H and O–H groups in total. The van der Waals surface area contributed by atoms with Crippen molar-refractivity contribution in [3.8, 4) is 0 Å². The van der Waals surface area contributed by atoms with Crippen molar-refractivity contribution in [2.45, 2.75) is 46.1 Å². The van der Waals surface area contributed by atoms with Crippen molar-refractivity contribution in [1.29, 1.82) is 0 Å². The fourth-order valence-electron chi connectivity index (χ4n) is 3.74. The number of aromatic nitrogens is 2. The zero-order valence-electron chi connectivity index (χ0n) is 16.2. The molecule has 0 amide bonds. The standard InChI is InChI=1S/C19H36N6/c1-17-14-18(2)16-24(15-17)11-5-4-8-21-19(20-3)22-9-6-12-25-13-7-10-23-25/h7,10,13,17-18H,4-6,8-9,11-12,14-16H2,1-3H3,(H2,20,21,22). The van der Waals surface area contributed by atoms with Crippen LogP contribution in [0, 0.1) is 11.8 Å². The molecule has 2 rings (SSSR count). The average Bonchev–Trinajstić information content (AvgIpc) is 3.09. The van der Waals surface area contributed by atoms with Crippen LogP contribution in [0.25, 0.3) is 0 Å². The van der Waals surface area contributed by atoms with Gasteiger partial charge >= 0.3 is 0 Å². The predicted octanol–water partition coefficient (Wildman–Crippen LogP) is 2.20. The van der Waals surface area contributed by atoms with Gasteiger partial charge in [0.05, 0.1) is 0 Å². The molecule has 142 valence electrons. The number of rotatable bonds is 9. The van der Waals surface area contributed by atoms with E-state index >= 15 is 0 Å². The van der Waals surface area contributed by atoms with Crippen molar-refractivity contribution in [2.24, 2.45) is 16.8 Å². The molecular formula is C19H36N6. The molecule has 0 aliphatic carbocycles. The lowest BCUT2D eigenvalue weighted by atomic mass is 9.92. The maximum absolute atomic E-state index is 4.29. The van der Waals surface area contributed by atoms with E-state index in [0.29, 0.717) is 0 Å². The van der Waals surface area contributed by atoms with Crippen molar-refractivity contribution in [1.82, 2.24) is 25.3 Å². The summed E-state index contributed by atoms with van der Waals surface area (Å²) in [6.45, 7) is 11.4. The SMILES string of the molecule is CN=C(NCCCCN1CC(C)CC(C)C1)NCCCn1cccn1. The van der Waals surface area contributed by atoms with Crippen molar-refractivity contribution >= 4 is 5.96 Å². The lowest BCUT2D eigenvalue weighted by Crippen LogP contribution is -2.40. The number of unbranched alkanes of at least 4 members (excludes halogenated alkanes) is 1. The van der Waals surface area contributed by atoms with E-state index in [0.717, 1.165) is 43.9 Å². The van der Waals surface area contributed by atoms with Crippen LogP contribution in [0.3, 0.4) is 0 Å². The van der Waals surface area contributed by atoms with Crippen LogP contribution in [0.5, 0.6) is 0 Å². The second kappa shape index (κ2) is 11.1. The Kier molecular flexibility index (Phi) is 8.80. The Bertz CT molecular complexity index is 474. The Morgan fingerprint density at radius 3 is 2.44 bits per heavy atom. The highest BCUT2D eigenvalue weighted by molar-refractivity contribution is 5.79. The van der Waals surface area contributed by atoms with Crippen LogP contribution in [0.4, 0.5) is 0 Å². The number of hydrogen-bond acceptors (Lipinski definition) is 3. The third-order valence-electron chi connectivity index (χ3n) is 4.78. The number of piperidine rings is 1. The zero-order chi connectivity index (χ0) is 17.9. The van der Waals surface area contributed by atoms with Crippen LogP contribution in [-0.4, -0.2) is 60.4 Å². The first-order valence-corrected chi connectivity index (χ1v) is 9.81. The third-order valence-corrected chi connectivity index (χ3v) is 4.78. The average molecular weight is 349 g/mol. The number of guanidine groups is 1. The van der Waals surface area contributed by atoms with E-state index < -0.39 is 0 Å². The Morgan fingerprint density at radius 1 is 1.08 bits per heavy atom. The molecule has 1 saturated heterocycles. The summed E-state index contributed by atoms with van der Waals surface area (Å²) in [5, 5.41) is 11.0. The van der Waals surface area contributed by atoms with E-state index in [1.165, 1.54) is 38.9 Å². The lowest BCUT2D eigenvalue weighted by molar-refractivity contribution is 0.139. The highest BCUT2D eigenvalue weighted by Gasteiger charge is 2.20. The summed E-state index contributed by atoms with van der Waals surface area (Å²) in [6.07, 6.45) is 8.68. The van der Waals surface area contributed by atoms with Crippen molar-refractivity contribution < 1.29 is 0 Å². The molecule has 1 aliphatic heterocycles. The van der Waals surface area contributed by atoms with Gasteiger partial charge in [0.15, 0.2) is 5.96 Å². The molecule has 2 atom stereocenters. The number of nitrogens with zero attached hydrogens (tertiary/aromatic N) is 4. The van der Waals surface area contributed by atoms with E-state index in [9.17, 15) is 0 Å². The highest BCUT2D eigenvalue weighted by Crippen LogP contribution is 2.20. The van der Waals surface area contributed by atoms with Crippen molar-refractivity contribution in [3.63, 3.8) is 0 Å². The summed E-state index contributed by atoms with van der Waals surface area (Å²) in [7, 11) is 1.83. The Labute approximate surface area is 153 Å². The maximum Gasteiger partial charge on any atom is 0.190 e. The minimum atomic E-state index is 0.853. The highest BCUT2D eigenvalue weighted by atomic mass is 15.3. The zero-order valence-corrected chi connectivity index (χ0v) is 16.2. The van der Waals surface area contributed by atoms with Gasteiger partial charge in [-0.25, -0.2) is 0 Å². The summed E-state index contributed by atoms with van der Waals surface area (Å²) in [5.74, 6) is 2.61. The second-order valence-corrected chi connectivity index (χ2v) is 7.46. The van der Waals surface area contributed by atoms with Gasteiger partial charge in [0.25, 0.3) is 0 Å². The number of nitrogens with one attached hydrogen (secondary N) is 2. The number of hydrogen-bond donors (Lipinski definition) is 2. The molecule has 6 nitrogen and oxygen atoms in total. The van der Waals surface area contributed by atoms with Crippen LogP contribution in [0.2, 0.25) is 0 Å². The first kappa shape index (κ1) is 19.8. The molecule has 1 aromatic heterocycles. The monoisotopic (exact) mass is 348 g/mol. The summed E-state index contributed by atoms with van der Waals surface area (Å²) in [4.78, 5) is 6.93. The number of aliphatic imine (C=N–C) groups is 1. The second-order valence-electron chi connectivity index (χ2n) is 7.46. The van der Waals surface area contributed by atoms with Crippen molar-refractivity contribution in [2.75, 3.05) is 39.8 Å². The Balaban J connectivity index is 1.49. The number of likely N-dealkylation sites (tertiary alicyclic amines) is 1. The van der Waals surface area contributed by atoms with Crippen LogP contribution in [0.1, 0.15) is 39.5 Å². The molecule has 2 unspecified atom stereocenters. The maximum atomic E-state index is 4.29. The van der Waals surface area contributed by atoms with Crippen molar-refractivity contribution in [3.05, 3.63) is 18.5 Å². The molecular weight excluding hydrogens is 312 g/mol. The summed E-state index contributed by atoms with van der Waals surface area (Å²) in [5.41, 5.74) is 0. The molecule has 0 spiro atoms. The van der Waals surface area contributed by atoms with Gasteiger partial charge in [0.1, 0.15) is 0 Å². The molecule has 1 aromatic rings. The van der Waals surface area contributed by atoms with Crippen LogP contribution in [-0.2, 0) is 6.54 Å². The van der Waals surface area contributed by atoms with E-state index in [1.54, 1.807) is 0 Å². The topological polar surface area (TPSA) is 57.5 Å². The molecule has 1 fully saturated rings. The largest absolute Gasteiger partial charge is 0.356 e. The van der Waals surface area contributed by atoms with E-state index in [1.807, 2.05) is 30.2 Å². The molecule has 0 saturated carbocycles. The van der Waals surface area contributed by atoms with E-state index in [4.69, 9.17) is 0 Å². The van der Waals surface area contributed by atoms with Crippen LogP contribution in [0.15, 0.2) is 23.5 Å². The molecule has 0 bridgehead atoms. The fraction of sp³-hybridized carbons (Fsp3) is 0.789. The number of aryl methyl sites for hydroxylation is 1. The van der Waals surface area contributed by atoms with Gasteiger partial charge in [-0.3, -0.25) is 9.67 Å². The first-order valence-electron chi connectivity index (χ1n) is 9.81. The summed E-state index contributed by atoms with van der Waals surface area (Å²) >= 11 is 0. The predicted molar refractivity (Wildman–Crippen MR) is 105 cm³/mol. The normalized spacial score (nSPS) is 22.1. The fourth-order valence-corrected chi connectivity index (χ4v) is 3.74. The Hall–Kier alpha value is -1.56.